The molecule has 0 aromatic heterocycles. The molecule has 1 spiro atoms. The molecule has 1 unspecified atom stereocenters. The maximum Gasteiger partial charge on any atom is 0.315 e. The molecular weight excluding hydrogens is 342 g/mol. The molecule has 2 aliphatic heterocycles. The fourth-order valence-electron chi connectivity index (χ4n) is 4.78. The van der Waals surface area contributed by atoms with Gasteiger partial charge in [0.2, 0.25) is 5.91 Å². The monoisotopic (exact) mass is 371 g/mol. The molecule has 146 valence electrons. The van der Waals surface area contributed by atoms with Gasteiger partial charge in [-0.15, -0.1) is 0 Å². The van der Waals surface area contributed by atoms with Crippen LogP contribution in [0, 0.1) is 0 Å². The molecule has 3 amide bonds. The Morgan fingerprint density at radius 2 is 2.00 bits per heavy atom. The standard InChI is InChI=1S/C21H29N3O3/c25-19(24-12-8-16-6-2-3-7-18(16)24)15-22-20(26)23-17-9-13-27-21(14-17)10-4-1-5-11-21/h2-3,6-7,17H,1,4-5,8-15H2,(H2,22,23,26). The molecule has 0 bridgehead atoms. The maximum absolute atomic E-state index is 12.5. The van der Waals surface area contributed by atoms with Crippen LogP contribution in [0.15, 0.2) is 24.3 Å². The largest absolute Gasteiger partial charge is 0.375 e. The molecule has 6 nitrogen and oxygen atoms in total. The maximum atomic E-state index is 12.5. The van der Waals surface area contributed by atoms with Crippen molar-refractivity contribution in [1.29, 1.82) is 0 Å². The SMILES string of the molecule is O=C(NCC(=O)N1CCc2ccccc21)NC1CCOC2(CCCCC2)C1. The molecule has 3 aliphatic rings. The van der Waals surface area contributed by atoms with Gasteiger partial charge in [0.25, 0.3) is 0 Å². The van der Waals surface area contributed by atoms with Crippen molar-refractivity contribution in [3.05, 3.63) is 29.8 Å². The number of anilines is 1. The highest BCUT2D eigenvalue weighted by atomic mass is 16.5. The molecule has 1 saturated heterocycles. The van der Waals surface area contributed by atoms with E-state index in [1.54, 1.807) is 4.90 Å². The number of carbonyl (C=O) groups is 2. The number of hydrogen-bond donors (Lipinski definition) is 2. The molecule has 1 aromatic rings. The van der Waals surface area contributed by atoms with Crippen LogP contribution in [0.25, 0.3) is 0 Å². The van der Waals surface area contributed by atoms with Crippen molar-refractivity contribution >= 4 is 17.6 Å². The average Bonchev–Trinajstić information content (AvgIpc) is 3.11. The second kappa shape index (κ2) is 7.89. The van der Waals surface area contributed by atoms with E-state index in [4.69, 9.17) is 4.74 Å². The van der Waals surface area contributed by atoms with Crippen LogP contribution in [0.5, 0.6) is 0 Å². The van der Waals surface area contributed by atoms with Gasteiger partial charge in [-0.3, -0.25) is 4.79 Å². The second-order valence-electron chi connectivity index (χ2n) is 8.03. The van der Waals surface area contributed by atoms with Gasteiger partial charge in [0.15, 0.2) is 0 Å². The minimum atomic E-state index is -0.256. The Morgan fingerprint density at radius 3 is 2.85 bits per heavy atom. The van der Waals surface area contributed by atoms with E-state index in [-0.39, 0.29) is 30.1 Å². The summed E-state index contributed by atoms with van der Waals surface area (Å²) in [5.41, 5.74) is 2.12. The van der Waals surface area contributed by atoms with Crippen LogP contribution in [0.1, 0.15) is 50.5 Å². The average molecular weight is 371 g/mol. The second-order valence-corrected chi connectivity index (χ2v) is 8.03. The van der Waals surface area contributed by atoms with Crippen molar-refractivity contribution in [3.63, 3.8) is 0 Å². The summed E-state index contributed by atoms with van der Waals surface area (Å²) in [5, 5.41) is 5.80. The third-order valence-electron chi connectivity index (χ3n) is 6.18. The van der Waals surface area contributed by atoms with Crippen molar-refractivity contribution in [2.24, 2.45) is 0 Å². The Bertz CT molecular complexity index is 694. The fourth-order valence-corrected chi connectivity index (χ4v) is 4.78. The Morgan fingerprint density at radius 1 is 1.19 bits per heavy atom. The quantitative estimate of drug-likeness (QED) is 0.858. The van der Waals surface area contributed by atoms with Crippen LogP contribution in [0.3, 0.4) is 0 Å². The first-order valence-corrected chi connectivity index (χ1v) is 10.2. The van der Waals surface area contributed by atoms with Crippen LogP contribution in [-0.4, -0.2) is 43.3 Å². The highest BCUT2D eigenvalue weighted by Crippen LogP contribution is 2.38. The Balaban J connectivity index is 1.26. The number of nitrogens with one attached hydrogen (secondary N) is 2. The highest BCUT2D eigenvalue weighted by Gasteiger charge is 2.38. The van der Waals surface area contributed by atoms with E-state index in [9.17, 15) is 9.59 Å². The van der Waals surface area contributed by atoms with Crippen LogP contribution < -0.4 is 15.5 Å². The molecule has 2 heterocycles. The van der Waals surface area contributed by atoms with Gasteiger partial charge >= 0.3 is 6.03 Å². The molecule has 27 heavy (non-hydrogen) atoms. The molecule has 2 fully saturated rings. The zero-order valence-corrected chi connectivity index (χ0v) is 15.8. The van der Waals surface area contributed by atoms with Crippen LogP contribution in [0.4, 0.5) is 10.5 Å². The molecular formula is C21H29N3O3. The van der Waals surface area contributed by atoms with Crippen molar-refractivity contribution in [1.82, 2.24) is 10.6 Å². The van der Waals surface area contributed by atoms with Crippen molar-refractivity contribution in [2.45, 2.75) is 63.0 Å². The summed E-state index contributed by atoms with van der Waals surface area (Å²) in [7, 11) is 0. The van der Waals surface area contributed by atoms with E-state index in [0.717, 1.165) is 37.8 Å². The number of benzene rings is 1. The molecule has 1 aromatic carbocycles. The van der Waals surface area contributed by atoms with Crippen molar-refractivity contribution < 1.29 is 14.3 Å². The predicted molar refractivity (Wildman–Crippen MR) is 104 cm³/mol. The third kappa shape index (κ3) is 4.10. The van der Waals surface area contributed by atoms with Gasteiger partial charge in [-0.1, -0.05) is 37.5 Å². The van der Waals surface area contributed by atoms with Crippen LogP contribution in [-0.2, 0) is 16.0 Å². The first kappa shape index (κ1) is 18.3. The summed E-state index contributed by atoms with van der Waals surface area (Å²) in [6.45, 7) is 1.41. The van der Waals surface area contributed by atoms with Crippen molar-refractivity contribution in [2.75, 3.05) is 24.6 Å². The molecule has 2 N–H and O–H groups in total. The normalized spacial score (nSPS) is 23.7. The van der Waals surface area contributed by atoms with Gasteiger partial charge in [-0.05, 0) is 43.7 Å². The lowest BCUT2D eigenvalue weighted by molar-refractivity contribution is -0.117. The smallest absolute Gasteiger partial charge is 0.315 e. The molecule has 0 radical (unpaired) electrons. The van der Waals surface area contributed by atoms with Gasteiger partial charge in [-0.25, -0.2) is 4.79 Å². The van der Waals surface area contributed by atoms with Crippen LogP contribution >= 0.6 is 0 Å². The lowest BCUT2D eigenvalue weighted by atomic mass is 9.78. The zero-order valence-electron chi connectivity index (χ0n) is 15.8. The van der Waals surface area contributed by atoms with Crippen LogP contribution in [0.2, 0.25) is 0 Å². The van der Waals surface area contributed by atoms with Gasteiger partial charge < -0.3 is 20.3 Å². The topological polar surface area (TPSA) is 70.7 Å². The summed E-state index contributed by atoms with van der Waals surface area (Å²) in [6.07, 6.45) is 8.49. The molecule has 1 aliphatic carbocycles. The zero-order chi connectivity index (χ0) is 18.7. The Labute approximate surface area is 160 Å². The van der Waals surface area contributed by atoms with Gasteiger partial charge in [0, 0.05) is 24.9 Å². The summed E-state index contributed by atoms with van der Waals surface area (Å²) < 4.78 is 6.08. The number of para-hydroxylation sites is 1. The number of nitrogens with zero attached hydrogens (tertiary/aromatic N) is 1. The van der Waals surface area contributed by atoms with Gasteiger partial charge in [-0.2, -0.15) is 0 Å². The summed E-state index contributed by atoms with van der Waals surface area (Å²) in [5.74, 6) is -0.0640. The minimum absolute atomic E-state index is 0.0224. The molecule has 1 atom stereocenters. The fraction of sp³-hybridized carbons (Fsp3) is 0.619. The number of carbonyl (C=O) groups excluding carboxylic acids is 2. The number of urea groups is 1. The van der Waals surface area contributed by atoms with E-state index >= 15 is 0 Å². The molecule has 1 saturated carbocycles. The lowest BCUT2D eigenvalue weighted by Gasteiger charge is -2.43. The molecule has 4 rings (SSSR count). The number of fused-ring (bicyclic) bond motifs is 1. The van der Waals surface area contributed by atoms with Gasteiger partial charge in [0.05, 0.1) is 12.1 Å². The number of rotatable bonds is 3. The molecule has 6 heteroatoms. The van der Waals surface area contributed by atoms with E-state index in [1.165, 1.54) is 24.8 Å². The minimum Gasteiger partial charge on any atom is -0.375 e. The Hall–Kier alpha value is -2.08. The summed E-state index contributed by atoms with van der Waals surface area (Å²) in [4.78, 5) is 26.6. The number of amides is 3. The first-order valence-electron chi connectivity index (χ1n) is 10.2. The van der Waals surface area contributed by atoms with E-state index in [2.05, 4.69) is 16.7 Å². The lowest BCUT2D eigenvalue weighted by Crippen LogP contribution is -2.52. The van der Waals surface area contributed by atoms with E-state index in [1.807, 2.05) is 18.2 Å². The van der Waals surface area contributed by atoms with Crippen molar-refractivity contribution in [3.8, 4) is 0 Å². The third-order valence-corrected chi connectivity index (χ3v) is 6.18. The predicted octanol–water partition coefficient (Wildman–Crippen LogP) is 2.76. The van der Waals surface area contributed by atoms with Gasteiger partial charge in [0.1, 0.15) is 0 Å². The first-order chi connectivity index (χ1) is 13.2. The number of ether oxygens (including phenoxy) is 1. The number of hydrogen-bond acceptors (Lipinski definition) is 3. The summed E-state index contributed by atoms with van der Waals surface area (Å²) >= 11 is 0. The van der Waals surface area contributed by atoms with E-state index in [0.29, 0.717) is 13.2 Å². The summed E-state index contributed by atoms with van der Waals surface area (Å²) in [6, 6.07) is 7.82. The Kier molecular flexibility index (Phi) is 5.34. The highest BCUT2D eigenvalue weighted by molar-refractivity contribution is 5.98. The van der Waals surface area contributed by atoms with E-state index < -0.39 is 0 Å².